The first-order valence-corrected chi connectivity index (χ1v) is 6.83. The summed E-state index contributed by atoms with van der Waals surface area (Å²) in [6.07, 6.45) is 3.79. The van der Waals surface area contributed by atoms with Gasteiger partial charge in [-0.15, -0.1) is 0 Å². The highest BCUT2D eigenvalue weighted by Gasteiger charge is 2.24. The summed E-state index contributed by atoms with van der Waals surface area (Å²) in [5, 5.41) is 17.8. The van der Waals surface area contributed by atoms with Crippen LogP contribution in [0.2, 0.25) is 0 Å². The maximum absolute atomic E-state index is 10.6. The van der Waals surface area contributed by atoms with E-state index in [2.05, 4.69) is 4.90 Å². The predicted molar refractivity (Wildman–Crippen MR) is 72.9 cm³/mol. The normalized spacial score (nSPS) is 15.5. The molecule has 104 valence electrons. The predicted octanol–water partition coefficient (Wildman–Crippen LogP) is 1.66. The Morgan fingerprint density at radius 2 is 1.84 bits per heavy atom. The van der Waals surface area contributed by atoms with Crippen LogP contribution in [0.5, 0.6) is 0 Å². The molecular weight excluding hydrogens is 242 g/mol. The molecule has 0 spiro atoms. The van der Waals surface area contributed by atoms with Crippen molar-refractivity contribution < 1.29 is 15.0 Å². The molecule has 1 fully saturated rings. The lowest BCUT2D eigenvalue weighted by Gasteiger charge is -2.37. The van der Waals surface area contributed by atoms with Crippen molar-refractivity contribution >= 4 is 5.97 Å². The first kappa shape index (κ1) is 14.0. The molecule has 2 N–H and O–H groups in total. The highest BCUT2D eigenvalue weighted by molar-refractivity contribution is 5.70. The van der Waals surface area contributed by atoms with Crippen molar-refractivity contribution in [2.24, 2.45) is 0 Å². The van der Waals surface area contributed by atoms with Crippen molar-refractivity contribution in [3.05, 3.63) is 35.4 Å². The van der Waals surface area contributed by atoms with E-state index in [0.29, 0.717) is 12.6 Å². The Hall–Kier alpha value is -1.39. The zero-order valence-electron chi connectivity index (χ0n) is 11.1. The van der Waals surface area contributed by atoms with E-state index >= 15 is 0 Å². The standard InChI is InChI=1S/C15H21NO3/c17-9-8-16(14-2-1-3-14)11-13-6-4-12(5-7-13)10-15(18)19/h4-7,14,17H,1-3,8-11H2,(H,18,19). The molecule has 0 aliphatic heterocycles. The molecule has 4 nitrogen and oxygen atoms in total. The van der Waals surface area contributed by atoms with Gasteiger partial charge >= 0.3 is 5.97 Å². The van der Waals surface area contributed by atoms with E-state index in [1.54, 1.807) is 0 Å². The number of carboxylic acid groups (broad SMARTS) is 1. The number of aliphatic hydroxyl groups is 1. The summed E-state index contributed by atoms with van der Waals surface area (Å²) < 4.78 is 0. The number of hydrogen-bond donors (Lipinski definition) is 2. The van der Waals surface area contributed by atoms with E-state index in [1.165, 1.54) is 24.8 Å². The number of aliphatic hydroxyl groups excluding tert-OH is 1. The molecule has 0 heterocycles. The molecule has 0 radical (unpaired) electrons. The van der Waals surface area contributed by atoms with Crippen LogP contribution in [0.4, 0.5) is 0 Å². The number of benzene rings is 1. The third-order valence-corrected chi connectivity index (χ3v) is 3.74. The minimum atomic E-state index is -0.802. The SMILES string of the molecule is O=C(O)Cc1ccc(CN(CCO)C2CCC2)cc1. The van der Waals surface area contributed by atoms with E-state index in [4.69, 9.17) is 10.2 Å². The van der Waals surface area contributed by atoms with Crippen LogP contribution in [0.3, 0.4) is 0 Å². The molecule has 0 atom stereocenters. The van der Waals surface area contributed by atoms with Crippen LogP contribution in [0.15, 0.2) is 24.3 Å². The average Bonchev–Trinajstić information content (AvgIpc) is 2.29. The fourth-order valence-electron chi connectivity index (χ4n) is 2.44. The molecule has 0 aromatic heterocycles. The molecule has 1 aliphatic rings. The van der Waals surface area contributed by atoms with Crippen LogP contribution in [0, 0.1) is 0 Å². The van der Waals surface area contributed by atoms with Gasteiger partial charge in [0.05, 0.1) is 13.0 Å². The zero-order chi connectivity index (χ0) is 13.7. The molecule has 0 bridgehead atoms. The van der Waals surface area contributed by atoms with Gasteiger partial charge in [-0.2, -0.15) is 0 Å². The maximum Gasteiger partial charge on any atom is 0.307 e. The lowest BCUT2D eigenvalue weighted by molar-refractivity contribution is -0.136. The number of carbonyl (C=O) groups is 1. The van der Waals surface area contributed by atoms with Gasteiger partial charge in [0.15, 0.2) is 0 Å². The van der Waals surface area contributed by atoms with Crippen molar-refractivity contribution in [3.63, 3.8) is 0 Å². The average molecular weight is 263 g/mol. The monoisotopic (exact) mass is 263 g/mol. The van der Waals surface area contributed by atoms with E-state index < -0.39 is 5.97 Å². The molecule has 0 unspecified atom stereocenters. The lowest BCUT2D eigenvalue weighted by Crippen LogP contribution is -2.41. The summed E-state index contributed by atoms with van der Waals surface area (Å²) in [5.41, 5.74) is 2.00. The Morgan fingerprint density at radius 3 is 2.32 bits per heavy atom. The van der Waals surface area contributed by atoms with Crippen LogP contribution in [0.25, 0.3) is 0 Å². The molecule has 0 saturated heterocycles. The Balaban J connectivity index is 1.94. The van der Waals surface area contributed by atoms with E-state index in [-0.39, 0.29) is 13.0 Å². The quantitative estimate of drug-likeness (QED) is 0.785. The van der Waals surface area contributed by atoms with Gasteiger partial charge < -0.3 is 10.2 Å². The molecule has 19 heavy (non-hydrogen) atoms. The Morgan fingerprint density at radius 1 is 1.21 bits per heavy atom. The maximum atomic E-state index is 10.6. The van der Waals surface area contributed by atoms with Gasteiger partial charge in [0.1, 0.15) is 0 Å². The lowest BCUT2D eigenvalue weighted by atomic mass is 9.91. The smallest absolute Gasteiger partial charge is 0.307 e. The molecule has 4 heteroatoms. The first-order chi connectivity index (χ1) is 9.19. The Bertz CT molecular complexity index is 412. The molecule has 2 rings (SSSR count). The molecule has 0 amide bonds. The summed E-state index contributed by atoms with van der Waals surface area (Å²) in [5.74, 6) is -0.802. The topological polar surface area (TPSA) is 60.8 Å². The summed E-state index contributed by atoms with van der Waals surface area (Å²) in [4.78, 5) is 12.9. The molecular formula is C15H21NO3. The Kier molecular flexibility index (Phi) is 4.93. The van der Waals surface area contributed by atoms with Gasteiger partial charge in [0.2, 0.25) is 0 Å². The van der Waals surface area contributed by atoms with Crippen molar-refractivity contribution in [1.82, 2.24) is 4.90 Å². The molecule has 1 aromatic carbocycles. The van der Waals surface area contributed by atoms with E-state index in [1.807, 2.05) is 24.3 Å². The minimum Gasteiger partial charge on any atom is -0.481 e. The summed E-state index contributed by atoms with van der Waals surface area (Å²) in [7, 11) is 0. The second-order valence-electron chi connectivity index (χ2n) is 5.17. The highest BCUT2D eigenvalue weighted by atomic mass is 16.4. The fourth-order valence-corrected chi connectivity index (χ4v) is 2.44. The van der Waals surface area contributed by atoms with Gasteiger partial charge in [-0.3, -0.25) is 9.69 Å². The summed E-state index contributed by atoms with van der Waals surface area (Å²) in [6.45, 7) is 1.73. The number of aliphatic carboxylic acids is 1. The third-order valence-electron chi connectivity index (χ3n) is 3.74. The van der Waals surface area contributed by atoms with Crippen LogP contribution >= 0.6 is 0 Å². The highest BCUT2D eigenvalue weighted by Crippen LogP contribution is 2.26. The second kappa shape index (κ2) is 6.68. The van der Waals surface area contributed by atoms with Gasteiger partial charge in [-0.25, -0.2) is 0 Å². The largest absolute Gasteiger partial charge is 0.481 e. The van der Waals surface area contributed by atoms with E-state index in [9.17, 15) is 4.79 Å². The zero-order valence-corrected chi connectivity index (χ0v) is 11.1. The van der Waals surface area contributed by atoms with E-state index in [0.717, 1.165) is 12.1 Å². The number of carboxylic acids is 1. The molecule has 1 saturated carbocycles. The van der Waals surface area contributed by atoms with Crippen molar-refractivity contribution in [2.75, 3.05) is 13.2 Å². The Labute approximate surface area is 113 Å². The van der Waals surface area contributed by atoms with Crippen molar-refractivity contribution in [2.45, 2.75) is 38.3 Å². The van der Waals surface area contributed by atoms with Crippen LogP contribution in [0.1, 0.15) is 30.4 Å². The van der Waals surface area contributed by atoms with Gasteiger partial charge in [-0.05, 0) is 24.0 Å². The van der Waals surface area contributed by atoms with Crippen LogP contribution in [-0.4, -0.2) is 40.3 Å². The van der Waals surface area contributed by atoms with Crippen molar-refractivity contribution in [3.8, 4) is 0 Å². The molecule has 1 aromatic rings. The van der Waals surface area contributed by atoms with Crippen LogP contribution < -0.4 is 0 Å². The fraction of sp³-hybridized carbons (Fsp3) is 0.533. The number of rotatable bonds is 7. The number of nitrogens with zero attached hydrogens (tertiary/aromatic N) is 1. The van der Waals surface area contributed by atoms with Gasteiger partial charge in [0, 0.05) is 19.1 Å². The number of hydrogen-bond acceptors (Lipinski definition) is 3. The molecule has 1 aliphatic carbocycles. The van der Waals surface area contributed by atoms with Gasteiger partial charge in [-0.1, -0.05) is 30.7 Å². The third kappa shape index (κ3) is 4.04. The van der Waals surface area contributed by atoms with Crippen molar-refractivity contribution in [1.29, 1.82) is 0 Å². The van der Waals surface area contributed by atoms with Gasteiger partial charge in [0.25, 0.3) is 0 Å². The summed E-state index contributed by atoms with van der Waals surface area (Å²) >= 11 is 0. The minimum absolute atomic E-state index is 0.0727. The summed E-state index contributed by atoms with van der Waals surface area (Å²) in [6, 6.07) is 8.33. The second-order valence-corrected chi connectivity index (χ2v) is 5.17. The van der Waals surface area contributed by atoms with Crippen LogP contribution in [-0.2, 0) is 17.8 Å². The first-order valence-electron chi connectivity index (χ1n) is 6.83.